The van der Waals surface area contributed by atoms with Gasteiger partial charge in [0, 0.05) is 29.8 Å². The van der Waals surface area contributed by atoms with Crippen LogP contribution in [0, 0.1) is 17.0 Å². The van der Waals surface area contributed by atoms with Crippen molar-refractivity contribution in [3.8, 4) is 0 Å². The van der Waals surface area contributed by atoms with Crippen molar-refractivity contribution in [2.24, 2.45) is 0 Å². The molecule has 0 radical (unpaired) electrons. The predicted molar refractivity (Wildman–Crippen MR) is 125 cm³/mol. The smallest absolute Gasteiger partial charge is 0.269 e. The lowest BCUT2D eigenvalue weighted by atomic mass is 9.78. The van der Waals surface area contributed by atoms with Crippen molar-refractivity contribution in [2.75, 3.05) is 10.6 Å². The third-order valence-electron chi connectivity index (χ3n) is 6.27. The van der Waals surface area contributed by atoms with Crippen LogP contribution < -0.4 is 10.6 Å². The molecule has 32 heavy (non-hydrogen) atoms. The van der Waals surface area contributed by atoms with Crippen LogP contribution in [0.5, 0.6) is 0 Å². The highest BCUT2D eigenvalue weighted by Crippen LogP contribution is 2.44. The van der Waals surface area contributed by atoms with E-state index in [2.05, 4.69) is 41.8 Å². The van der Waals surface area contributed by atoms with Crippen LogP contribution in [0.2, 0.25) is 0 Å². The van der Waals surface area contributed by atoms with E-state index >= 15 is 0 Å². The van der Waals surface area contributed by atoms with Crippen LogP contribution in [0.25, 0.3) is 0 Å². The van der Waals surface area contributed by atoms with Crippen LogP contribution in [-0.2, 0) is 4.79 Å². The molecular formula is C26H23N3O3. The summed E-state index contributed by atoms with van der Waals surface area (Å²) in [6, 6.07) is 22.2. The van der Waals surface area contributed by atoms with Gasteiger partial charge in [0.25, 0.3) is 5.69 Å². The number of hydrogen-bond acceptors (Lipinski definition) is 5. The normalized spacial score (nSPS) is 19.8. The molecule has 1 heterocycles. The number of hydrogen-bond donors (Lipinski definition) is 2. The first-order valence-electron chi connectivity index (χ1n) is 10.7. The van der Waals surface area contributed by atoms with Crippen molar-refractivity contribution in [3.05, 3.63) is 111 Å². The lowest BCUT2D eigenvalue weighted by molar-refractivity contribution is -0.384. The van der Waals surface area contributed by atoms with Gasteiger partial charge in [0.1, 0.15) is 0 Å². The van der Waals surface area contributed by atoms with Crippen LogP contribution in [0.1, 0.15) is 41.5 Å². The second-order valence-corrected chi connectivity index (χ2v) is 8.43. The number of nitrogens with one attached hydrogen (secondary N) is 2. The van der Waals surface area contributed by atoms with Gasteiger partial charge in [-0.2, -0.15) is 0 Å². The largest absolute Gasteiger partial charge is 0.372 e. The second-order valence-electron chi connectivity index (χ2n) is 8.43. The number of nitro benzene ring substituents is 1. The van der Waals surface area contributed by atoms with Gasteiger partial charge >= 0.3 is 0 Å². The number of Topliss-reactive ketones (excluding diaryl/α,β-unsaturated/α-hetero) is 1. The zero-order chi connectivity index (χ0) is 22.2. The van der Waals surface area contributed by atoms with E-state index in [9.17, 15) is 14.9 Å². The van der Waals surface area contributed by atoms with E-state index in [0.29, 0.717) is 24.0 Å². The van der Waals surface area contributed by atoms with Crippen LogP contribution >= 0.6 is 0 Å². The van der Waals surface area contributed by atoms with Gasteiger partial charge in [-0.15, -0.1) is 0 Å². The Balaban J connectivity index is 1.61. The number of ketones is 1. The zero-order valence-corrected chi connectivity index (χ0v) is 17.7. The van der Waals surface area contributed by atoms with Crippen molar-refractivity contribution < 1.29 is 9.72 Å². The van der Waals surface area contributed by atoms with Crippen LogP contribution in [-0.4, -0.2) is 10.7 Å². The minimum absolute atomic E-state index is 0.0118. The summed E-state index contributed by atoms with van der Waals surface area (Å²) in [5, 5.41) is 18.3. The average Bonchev–Trinajstić information content (AvgIpc) is 2.96. The topological polar surface area (TPSA) is 84.3 Å². The Morgan fingerprint density at radius 3 is 2.41 bits per heavy atom. The quantitative estimate of drug-likeness (QED) is 0.404. The number of nitrogens with zero attached hydrogens (tertiary/aromatic N) is 1. The number of para-hydroxylation sites is 2. The lowest BCUT2D eigenvalue weighted by Gasteiger charge is -2.30. The fraction of sp³-hybridized carbons (Fsp3) is 0.192. The first kappa shape index (κ1) is 20.0. The summed E-state index contributed by atoms with van der Waals surface area (Å²) in [7, 11) is 0. The SMILES string of the molecule is Cc1ccc(C2CC(=O)C3=C(C2)Nc2ccccc2NC3c2cccc([N+](=O)[O-])c2)cc1. The first-order chi connectivity index (χ1) is 15.5. The Hall–Kier alpha value is -3.93. The Kier molecular flexibility index (Phi) is 4.98. The number of non-ortho nitro benzene ring substituents is 1. The molecule has 2 aliphatic rings. The van der Waals surface area contributed by atoms with Crippen LogP contribution in [0.4, 0.5) is 17.1 Å². The van der Waals surface area contributed by atoms with Gasteiger partial charge in [-0.05, 0) is 42.5 Å². The van der Waals surface area contributed by atoms with E-state index < -0.39 is 11.0 Å². The molecule has 1 aliphatic heterocycles. The molecule has 160 valence electrons. The molecule has 5 rings (SSSR count). The molecule has 0 aromatic heterocycles. The Morgan fingerprint density at radius 2 is 1.66 bits per heavy atom. The Bertz CT molecular complexity index is 1250. The Labute approximate surface area is 186 Å². The van der Waals surface area contributed by atoms with E-state index in [1.165, 1.54) is 11.6 Å². The standard InChI is InChI=1S/C26H23N3O3/c1-16-9-11-17(12-10-16)19-14-23-25(24(30)15-19)26(18-5-4-6-20(13-18)29(31)32)28-22-8-3-2-7-21(22)27-23/h2-13,19,26-28H,14-15H2,1H3. The molecule has 0 fully saturated rings. The summed E-state index contributed by atoms with van der Waals surface area (Å²) in [6.45, 7) is 2.05. The second kappa shape index (κ2) is 7.96. The van der Waals surface area contributed by atoms with E-state index in [1.807, 2.05) is 30.3 Å². The molecule has 2 atom stereocenters. The molecule has 3 aromatic carbocycles. The van der Waals surface area contributed by atoms with Gasteiger partial charge in [-0.1, -0.05) is 54.1 Å². The summed E-state index contributed by atoms with van der Waals surface area (Å²) in [5.74, 6) is 0.145. The van der Waals surface area contributed by atoms with Crippen molar-refractivity contribution in [2.45, 2.75) is 31.7 Å². The summed E-state index contributed by atoms with van der Waals surface area (Å²) in [6.07, 6.45) is 1.11. The molecule has 1 aliphatic carbocycles. The number of allylic oxidation sites excluding steroid dienone is 1. The fourth-order valence-electron chi connectivity index (χ4n) is 4.63. The molecule has 2 N–H and O–H groups in total. The van der Waals surface area contributed by atoms with E-state index in [-0.39, 0.29) is 17.4 Å². The number of fused-ring (bicyclic) bond motifs is 1. The fourth-order valence-corrected chi connectivity index (χ4v) is 4.63. The monoisotopic (exact) mass is 425 g/mol. The molecule has 6 nitrogen and oxygen atoms in total. The number of nitro groups is 1. The summed E-state index contributed by atoms with van der Waals surface area (Å²) in [4.78, 5) is 24.5. The Morgan fingerprint density at radius 1 is 0.906 bits per heavy atom. The van der Waals surface area contributed by atoms with E-state index in [1.54, 1.807) is 12.1 Å². The number of carbonyl (C=O) groups excluding carboxylic acids is 1. The highest BCUT2D eigenvalue weighted by molar-refractivity contribution is 6.01. The molecular weight excluding hydrogens is 402 g/mol. The zero-order valence-electron chi connectivity index (χ0n) is 17.7. The minimum atomic E-state index is -0.465. The van der Waals surface area contributed by atoms with Gasteiger partial charge in [0.15, 0.2) is 5.78 Å². The number of carbonyl (C=O) groups is 1. The van der Waals surface area contributed by atoms with E-state index in [4.69, 9.17) is 0 Å². The molecule has 2 unspecified atom stereocenters. The lowest BCUT2D eigenvalue weighted by Crippen LogP contribution is -2.26. The number of aryl methyl sites for hydroxylation is 1. The molecule has 0 amide bonds. The summed E-state index contributed by atoms with van der Waals surface area (Å²) in [5.41, 5.74) is 6.33. The van der Waals surface area contributed by atoms with Crippen molar-refractivity contribution in [3.63, 3.8) is 0 Å². The molecule has 0 saturated carbocycles. The van der Waals surface area contributed by atoms with Gasteiger partial charge in [-0.3, -0.25) is 14.9 Å². The number of rotatable bonds is 3. The molecule has 0 spiro atoms. The maximum Gasteiger partial charge on any atom is 0.269 e. The first-order valence-corrected chi connectivity index (χ1v) is 10.7. The van der Waals surface area contributed by atoms with Gasteiger partial charge in [0.05, 0.1) is 22.3 Å². The number of anilines is 2. The van der Waals surface area contributed by atoms with Crippen LogP contribution in [0.3, 0.4) is 0 Å². The molecule has 3 aromatic rings. The van der Waals surface area contributed by atoms with Gasteiger partial charge in [-0.25, -0.2) is 0 Å². The van der Waals surface area contributed by atoms with E-state index in [0.717, 1.165) is 22.6 Å². The predicted octanol–water partition coefficient (Wildman–Crippen LogP) is 5.88. The summed E-state index contributed by atoms with van der Waals surface area (Å²) < 4.78 is 0. The maximum atomic E-state index is 13.5. The minimum Gasteiger partial charge on any atom is -0.372 e. The molecule has 6 heteroatoms. The van der Waals surface area contributed by atoms with Gasteiger partial charge < -0.3 is 10.6 Å². The summed E-state index contributed by atoms with van der Waals surface area (Å²) >= 11 is 0. The van der Waals surface area contributed by atoms with Crippen molar-refractivity contribution in [1.82, 2.24) is 0 Å². The number of benzene rings is 3. The van der Waals surface area contributed by atoms with Crippen molar-refractivity contribution >= 4 is 22.8 Å². The average molecular weight is 425 g/mol. The third-order valence-corrected chi connectivity index (χ3v) is 6.27. The molecule has 0 bridgehead atoms. The third kappa shape index (κ3) is 3.64. The highest BCUT2D eigenvalue weighted by Gasteiger charge is 2.36. The van der Waals surface area contributed by atoms with Crippen LogP contribution in [0.15, 0.2) is 84.1 Å². The van der Waals surface area contributed by atoms with Gasteiger partial charge in [0.2, 0.25) is 0 Å². The van der Waals surface area contributed by atoms with Crippen molar-refractivity contribution in [1.29, 1.82) is 0 Å². The highest BCUT2D eigenvalue weighted by atomic mass is 16.6. The maximum absolute atomic E-state index is 13.5. The molecule has 0 saturated heterocycles.